The summed E-state index contributed by atoms with van der Waals surface area (Å²) in [5, 5.41) is 12.8. The lowest BCUT2D eigenvalue weighted by Gasteiger charge is -2.26. The first-order valence-corrected chi connectivity index (χ1v) is 24.4. The minimum absolute atomic E-state index is 0.167. The normalized spacial score (nSPS) is 18.1. The molecular formula is C64H45NS. The SMILES string of the molecule is C[C@@H]1CC=C2/C(=C(/c3cc4ccccc4c4ccccc34)N=C1c1ccc3ccccc3c1)Cc1ccc3c(c1)C(CCc1cc4ccccc4cc1-3)c1c2ccc2c1sc1ccccc12. The molecule has 1 unspecified atom stereocenters. The summed E-state index contributed by atoms with van der Waals surface area (Å²) in [6.45, 7) is 2.39. The van der Waals surface area contributed by atoms with Crippen molar-refractivity contribution in [2.24, 2.45) is 10.9 Å². The number of aryl methyl sites for hydroxylation is 1. The molecule has 0 fully saturated rings. The number of hydrogen-bond donors (Lipinski definition) is 0. The second kappa shape index (κ2) is 14.8. The zero-order valence-corrected chi connectivity index (χ0v) is 37.6. The molecule has 11 aromatic rings. The van der Waals surface area contributed by atoms with Crippen LogP contribution in [-0.2, 0) is 12.8 Å². The highest BCUT2D eigenvalue weighted by Crippen LogP contribution is 2.52. The van der Waals surface area contributed by atoms with Gasteiger partial charge in [-0.25, -0.2) is 0 Å². The van der Waals surface area contributed by atoms with Crippen molar-refractivity contribution >= 4 is 91.6 Å². The van der Waals surface area contributed by atoms with Crippen molar-refractivity contribution in [3.63, 3.8) is 0 Å². The Bertz CT molecular complexity index is 3970. The van der Waals surface area contributed by atoms with Crippen molar-refractivity contribution in [3.8, 4) is 11.1 Å². The number of nitrogens with zero attached hydrogens (tertiary/aromatic N) is 1. The minimum Gasteiger partial charge on any atom is -0.252 e. The maximum Gasteiger partial charge on any atom is 0.0753 e. The molecule has 10 aromatic carbocycles. The van der Waals surface area contributed by atoms with Crippen molar-refractivity contribution in [2.45, 2.75) is 38.5 Å². The van der Waals surface area contributed by atoms with E-state index in [1.165, 1.54) is 124 Å². The summed E-state index contributed by atoms with van der Waals surface area (Å²) < 4.78 is 2.77. The second-order valence-electron chi connectivity index (χ2n) is 18.9. The van der Waals surface area contributed by atoms with Crippen molar-refractivity contribution in [2.75, 3.05) is 0 Å². The van der Waals surface area contributed by atoms with Gasteiger partial charge in [0.1, 0.15) is 0 Å². The van der Waals surface area contributed by atoms with Crippen LogP contribution >= 0.6 is 11.3 Å². The summed E-state index contributed by atoms with van der Waals surface area (Å²) in [5.74, 6) is 0.368. The van der Waals surface area contributed by atoms with Gasteiger partial charge in [0, 0.05) is 44.0 Å². The van der Waals surface area contributed by atoms with Crippen molar-refractivity contribution in [1.29, 1.82) is 0 Å². The largest absolute Gasteiger partial charge is 0.252 e. The van der Waals surface area contributed by atoms with Crippen LogP contribution in [0.4, 0.5) is 0 Å². The Kier molecular flexibility index (Phi) is 8.52. The van der Waals surface area contributed by atoms with Gasteiger partial charge in [0.05, 0.1) is 11.4 Å². The number of rotatable bonds is 2. The van der Waals surface area contributed by atoms with Crippen LogP contribution in [-0.4, -0.2) is 5.71 Å². The molecule has 3 aliphatic rings. The third kappa shape index (κ3) is 5.88. The third-order valence-corrected chi connectivity index (χ3v) is 16.3. The molecule has 0 N–H and O–H groups in total. The van der Waals surface area contributed by atoms with E-state index in [1.54, 1.807) is 0 Å². The Morgan fingerprint density at radius 2 is 1.20 bits per heavy atom. The molecule has 312 valence electrons. The van der Waals surface area contributed by atoms with Crippen molar-refractivity contribution < 1.29 is 0 Å². The molecule has 2 bridgehead atoms. The van der Waals surface area contributed by atoms with E-state index in [0.29, 0.717) is 0 Å². The molecule has 1 aromatic heterocycles. The summed E-state index contributed by atoms with van der Waals surface area (Å²) in [5.41, 5.74) is 17.1. The van der Waals surface area contributed by atoms with Crippen LogP contribution < -0.4 is 0 Å². The molecule has 0 amide bonds. The highest BCUT2D eigenvalue weighted by atomic mass is 32.1. The summed E-state index contributed by atoms with van der Waals surface area (Å²) in [4.78, 5) is 6.12. The molecule has 0 saturated carbocycles. The predicted molar refractivity (Wildman–Crippen MR) is 283 cm³/mol. The molecule has 0 spiro atoms. The van der Waals surface area contributed by atoms with E-state index in [4.69, 9.17) is 4.99 Å². The standard InChI is InChI=1S/C64H45NS/c1-38-22-27-50-53-30-31-55-52-20-10-11-21-60(52)66-64(55)61(53)54-29-26-45-34-42-14-4-5-15-43(42)36-56(45)51-28-23-39(32-57(51)54)33-58(50)63(65-62(38)46-25-24-40-12-2-3-13-41(40)35-46)59-37-44-16-6-7-17-47(44)48-18-8-9-19-49(48)59/h2-21,23-25,27-28,30-32,34-38,54H,22,26,29,33H2,1H3/b50-27?,63-58-,65-62?/t38-,54?/m1/s1. The van der Waals surface area contributed by atoms with Crippen LogP contribution in [0.3, 0.4) is 0 Å². The summed E-state index contributed by atoms with van der Waals surface area (Å²) in [7, 11) is 0. The molecule has 0 radical (unpaired) electrons. The quantitative estimate of drug-likeness (QED) is 0.154. The topological polar surface area (TPSA) is 12.4 Å². The molecule has 2 aliphatic carbocycles. The lowest BCUT2D eigenvalue weighted by Crippen LogP contribution is -2.16. The Balaban J connectivity index is 1.12. The fourth-order valence-electron chi connectivity index (χ4n) is 11.9. The average Bonchev–Trinajstić information content (AvgIpc) is 3.68. The van der Waals surface area contributed by atoms with Crippen LogP contribution in [0.25, 0.3) is 85.7 Å². The molecule has 0 saturated heterocycles. The zero-order valence-electron chi connectivity index (χ0n) is 36.8. The lowest BCUT2D eigenvalue weighted by atomic mass is 9.79. The molecule has 2 atom stereocenters. The predicted octanol–water partition coefficient (Wildman–Crippen LogP) is 17.3. The first-order valence-electron chi connectivity index (χ1n) is 23.6. The molecular weight excluding hydrogens is 815 g/mol. The number of allylic oxidation sites excluding steroid dienone is 3. The van der Waals surface area contributed by atoms with E-state index in [-0.39, 0.29) is 11.8 Å². The van der Waals surface area contributed by atoms with Gasteiger partial charge in [-0.2, -0.15) is 0 Å². The molecule has 1 nitrogen and oxygen atoms in total. The van der Waals surface area contributed by atoms with E-state index in [1.807, 2.05) is 11.3 Å². The van der Waals surface area contributed by atoms with E-state index in [9.17, 15) is 0 Å². The molecule has 14 rings (SSSR count). The summed E-state index contributed by atoms with van der Waals surface area (Å²) in [6.07, 6.45) is 6.31. The van der Waals surface area contributed by atoms with E-state index >= 15 is 0 Å². The van der Waals surface area contributed by atoms with Gasteiger partial charge in [-0.1, -0.05) is 177 Å². The number of benzene rings is 10. The Hall–Kier alpha value is -7.39. The number of hydrogen-bond acceptors (Lipinski definition) is 2. The first kappa shape index (κ1) is 37.9. The van der Waals surface area contributed by atoms with E-state index in [2.05, 4.69) is 201 Å². The van der Waals surface area contributed by atoms with Gasteiger partial charge in [0.25, 0.3) is 0 Å². The lowest BCUT2D eigenvalue weighted by molar-refractivity contribution is 0.730. The van der Waals surface area contributed by atoms with Gasteiger partial charge < -0.3 is 0 Å². The van der Waals surface area contributed by atoms with Gasteiger partial charge in [0.15, 0.2) is 0 Å². The number of thiophene rings is 1. The fraction of sp³-hybridized carbons (Fsp3) is 0.109. The van der Waals surface area contributed by atoms with Gasteiger partial charge in [0.2, 0.25) is 0 Å². The van der Waals surface area contributed by atoms with Gasteiger partial charge >= 0.3 is 0 Å². The van der Waals surface area contributed by atoms with Gasteiger partial charge in [-0.3, -0.25) is 4.99 Å². The van der Waals surface area contributed by atoms with E-state index < -0.39 is 0 Å². The van der Waals surface area contributed by atoms with Crippen LogP contribution in [0.15, 0.2) is 205 Å². The Morgan fingerprint density at radius 3 is 2.05 bits per heavy atom. The molecule has 66 heavy (non-hydrogen) atoms. The highest BCUT2D eigenvalue weighted by Gasteiger charge is 2.33. The maximum atomic E-state index is 6.12. The van der Waals surface area contributed by atoms with Crippen molar-refractivity contribution in [1.82, 2.24) is 0 Å². The number of aliphatic imine (C=N–C) groups is 1. The van der Waals surface area contributed by atoms with Crippen molar-refractivity contribution in [3.05, 3.63) is 239 Å². The van der Waals surface area contributed by atoms with E-state index in [0.717, 1.165) is 37.1 Å². The van der Waals surface area contributed by atoms with Crippen LogP contribution in [0.2, 0.25) is 0 Å². The average molecular weight is 860 g/mol. The monoisotopic (exact) mass is 859 g/mol. The smallest absolute Gasteiger partial charge is 0.0753 e. The molecule has 2 heteroatoms. The summed E-state index contributed by atoms with van der Waals surface area (Å²) >= 11 is 1.98. The highest BCUT2D eigenvalue weighted by molar-refractivity contribution is 7.26. The zero-order chi connectivity index (χ0) is 43.5. The fourth-order valence-corrected chi connectivity index (χ4v) is 13.2. The first-order chi connectivity index (χ1) is 32.6. The minimum atomic E-state index is 0.167. The van der Waals surface area contributed by atoms with Crippen LogP contribution in [0, 0.1) is 5.92 Å². The summed E-state index contributed by atoms with van der Waals surface area (Å²) in [6, 6.07) is 71.3. The van der Waals surface area contributed by atoms with Crippen LogP contribution in [0.5, 0.6) is 0 Å². The number of fused-ring (bicyclic) bond motifs is 16. The third-order valence-electron chi connectivity index (χ3n) is 15.1. The van der Waals surface area contributed by atoms with Gasteiger partial charge in [-0.15, -0.1) is 11.3 Å². The Morgan fingerprint density at radius 1 is 0.515 bits per heavy atom. The van der Waals surface area contributed by atoms with Gasteiger partial charge in [-0.05, 0) is 142 Å². The molecule has 1 aliphatic heterocycles. The second-order valence-corrected chi connectivity index (χ2v) is 19.9. The van der Waals surface area contributed by atoms with Crippen LogP contribution in [0.1, 0.15) is 64.6 Å². The maximum absolute atomic E-state index is 6.12. The molecule has 2 heterocycles. The Labute approximate surface area is 388 Å².